The smallest absolute Gasteiger partial charge is 0.243 e. The van der Waals surface area contributed by atoms with E-state index >= 15 is 0 Å². The lowest BCUT2D eigenvalue weighted by Gasteiger charge is -2.32. The van der Waals surface area contributed by atoms with Gasteiger partial charge in [0.05, 0.1) is 22.4 Å². The van der Waals surface area contributed by atoms with Gasteiger partial charge in [0.25, 0.3) is 0 Å². The highest BCUT2D eigenvalue weighted by Crippen LogP contribution is 2.30. The SMILES string of the molecule is CCOc1ccc(S(=O)(=O)N2CCCC(C(=O)NC3CCCC3)C2)cc1Cl. The molecule has 1 atom stereocenters. The van der Waals surface area contributed by atoms with Crippen molar-refractivity contribution in [3.8, 4) is 5.75 Å². The zero-order valence-corrected chi connectivity index (χ0v) is 17.2. The topological polar surface area (TPSA) is 75.7 Å². The third-order valence-electron chi connectivity index (χ3n) is 5.30. The first-order valence-electron chi connectivity index (χ1n) is 9.64. The molecule has 27 heavy (non-hydrogen) atoms. The highest BCUT2D eigenvalue weighted by molar-refractivity contribution is 7.89. The number of ether oxygens (including phenoxy) is 1. The maximum absolute atomic E-state index is 13.0. The van der Waals surface area contributed by atoms with Gasteiger partial charge >= 0.3 is 0 Å². The molecule has 0 aromatic heterocycles. The number of amides is 1. The fourth-order valence-electron chi connectivity index (χ4n) is 3.83. The van der Waals surface area contributed by atoms with E-state index < -0.39 is 10.0 Å². The second kappa shape index (κ2) is 8.80. The lowest BCUT2D eigenvalue weighted by molar-refractivity contribution is -0.126. The van der Waals surface area contributed by atoms with Crippen LogP contribution in [0.3, 0.4) is 0 Å². The van der Waals surface area contributed by atoms with Crippen LogP contribution in [0.4, 0.5) is 0 Å². The van der Waals surface area contributed by atoms with Gasteiger partial charge in [-0.1, -0.05) is 24.4 Å². The summed E-state index contributed by atoms with van der Waals surface area (Å²) in [6, 6.07) is 4.75. The number of hydrogen-bond acceptors (Lipinski definition) is 4. The Balaban J connectivity index is 1.70. The summed E-state index contributed by atoms with van der Waals surface area (Å²) in [6.07, 6.45) is 5.72. The molecule has 1 saturated heterocycles. The van der Waals surface area contributed by atoms with Crippen LogP contribution >= 0.6 is 11.6 Å². The maximum atomic E-state index is 13.0. The summed E-state index contributed by atoms with van der Waals surface area (Å²) in [4.78, 5) is 12.7. The molecule has 0 bridgehead atoms. The first kappa shape index (κ1) is 20.4. The summed E-state index contributed by atoms with van der Waals surface area (Å²) in [6.45, 7) is 2.92. The number of benzene rings is 1. The van der Waals surface area contributed by atoms with E-state index in [1.807, 2.05) is 6.92 Å². The van der Waals surface area contributed by atoms with Crippen molar-refractivity contribution in [3.63, 3.8) is 0 Å². The van der Waals surface area contributed by atoms with Crippen LogP contribution in [0.2, 0.25) is 5.02 Å². The second-order valence-corrected chi connectivity index (χ2v) is 9.56. The monoisotopic (exact) mass is 414 g/mol. The number of rotatable bonds is 6. The van der Waals surface area contributed by atoms with Crippen molar-refractivity contribution in [3.05, 3.63) is 23.2 Å². The predicted molar refractivity (Wildman–Crippen MR) is 105 cm³/mol. The van der Waals surface area contributed by atoms with Crippen LogP contribution in [-0.2, 0) is 14.8 Å². The van der Waals surface area contributed by atoms with Gasteiger partial charge in [0.1, 0.15) is 5.75 Å². The summed E-state index contributed by atoms with van der Waals surface area (Å²) in [5.74, 6) is 0.143. The van der Waals surface area contributed by atoms with Gasteiger partial charge in [0.15, 0.2) is 0 Å². The molecule has 0 radical (unpaired) electrons. The fraction of sp³-hybridized carbons (Fsp3) is 0.632. The van der Waals surface area contributed by atoms with Crippen LogP contribution in [0.1, 0.15) is 45.4 Å². The number of piperidine rings is 1. The molecule has 6 nitrogen and oxygen atoms in total. The number of nitrogens with zero attached hydrogens (tertiary/aromatic N) is 1. The molecule has 1 heterocycles. The van der Waals surface area contributed by atoms with Crippen molar-refractivity contribution in [1.82, 2.24) is 9.62 Å². The minimum atomic E-state index is -3.70. The molecule has 150 valence electrons. The number of hydrogen-bond donors (Lipinski definition) is 1. The van der Waals surface area contributed by atoms with Crippen LogP contribution in [0, 0.1) is 5.92 Å². The Morgan fingerprint density at radius 2 is 2.00 bits per heavy atom. The number of carbonyl (C=O) groups is 1. The van der Waals surface area contributed by atoms with Gasteiger partial charge in [-0.15, -0.1) is 0 Å². The highest BCUT2D eigenvalue weighted by Gasteiger charge is 2.34. The number of sulfonamides is 1. The summed E-state index contributed by atoms with van der Waals surface area (Å²) >= 11 is 6.16. The minimum Gasteiger partial charge on any atom is -0.492 e. The third-order valence-corrected chi connectivity index (χ3v) is 7.45. The Hall–Kier alpha value is -1.31. The van der Waals surface area contributed by atoms with Gasteiger partial charge in [-0.05, 0) is 50.8 Å². The second-order valence-electron chi connectivity index (χ2n) is 7.22. The molecule has 2 fully saturated rings. The van der Waals surface area contributed by atoms with E-state index in [2.05, 4.69) is 5.32 Å². The number of nitrogens with one attached hydrogen (secondary N) is 1. The summed E-state index contributed by atoms with van der Waals surface area (Å²) in [5, 5.41) is 3.36. The molecule has 8 heteroatoms. The van der Waals surface area contributed by atoms with Gasteiger partial charge < -0.3 is 10.1 Å². The minimum absolute atomic E-state index is 0.0217. The Morgan fingerprint density at radius 3 is 2.67 bits per heavy atom. The van der Waals surface area contributed by atoms with E-state index in [-0.39, 0.29) is 34.3 Å². The predicted octanol–water partition coefficient (Wildman–Crippen LogP) is 3.20. The molecular formula is C19H27ClN2O4S. The van der Waals surface area contributed by atoms with Crippen molar-refractivity contribution < 1.29 is 17.9 Å². The lowest BCUT2D eigenvalue weighted by atomic mass is 9.98. The van der Waals surface area contributed by atoms with Crippen molar-refractivity contribution >= 4 is 27.5 Å². The number of carbonyl (C=O) groups excluding carboxylic acids is 1. The normalized spacial score (nSPS) is 21.9. The Morgan fingerprint density at radius 1 is 1.26 bits per heavy atom. The lowest BCUT2D eigenvalue weighted by Crippen LogP contribution is -2.47. The van der Waals surface area contributed by atoms with Gasteiger partial charge in [0.2, 0.25) is 15.9 Å². The fourth-order valence-corrected chi connectivity index (χ4v) is 5.68. The molecule has 1 aliphatic carbocycles. The standard InChI is InChI=1S/C19H27ClN2O4S/c1-2-26-18-10-9-16(12-17(18)20)27(24,25)22-11-5-6-14(13-22)19(23)21-15-7-3-4-8-15/h9-10,12,14-15H,2-8,11,13H2,1H3,(H,21,23). The maximum Gasteiger partial charge on any atom is 0.243 e. The Kier molecular flexibility index (Phi) is 6.65. The molecule has 0 spiro atoms. The third kappa shape index (κ3) is 4.76. The molecule has 2 aliphatic rings. The molecular weight excluding hydrogens is 388 g/mol. The number of halogens is 1. The quantitative estimate of drug-likeness (QED) is 0.775. The zero-order valence-electron chi connectivity index (χ0n) is 15.6. The largest absolute Gasteiger partial charge is 0.492 e. The van der Waals surface area contributed by atoms with Gasteiger partial charge in [-0.3, -0.25) is 4.79 Å². The van der Waals surface area contributed by atoms with Crippen molar-refractivity contribution in [2.45, 2.75) is 56.4 Å². The molecule has 1 aliphatic heterocycles. The molecule has 1 amide bonds. The van der Waals surface area contributed by atoms with Crippen LogP contribution in [-0.4, -0.2) is 44.4 Å². The van der Waals surface area contributed by atoms with Gasteiger partial charge in [0, 0.05) is 19.1 Å². The Bertz CT molecular complexity index is 778. The zero-order chi connectivity index (χ0) is 19.4. The summed E-state index contributed by atoms with van der Waals surface area (Å²) < 4.78 is 32.8. The van der Waals surface area contributed by atoms with E-state index in [4.69, 9.17) is 16.3 Å². The van der Waals surface area contributed by atoms with Gasteiger partial charge in [-0.2, -0.15) is 4.31 Å². The molecule has 1 aromatic rings. The highest BCUT2D eigenvalue weighted by atomic mass is 35.5. The van der Waals surface area contributed by atoms with Crippen LogP contribution in [0.25, 0.3) is 0 Å². The molecule has 1 aromatic carbocycles. The van der Waals surface area contributed by atoms with Gasteiger partial charge in [-0.25, -0.2) is 8.42 Å². The van der Waals surface area contributed by atoms with Crippen molar-refractivity contribution in [1.29, 1.82) is 0 Å². The van der Waals surface area contributed by atoms with Crippen molar-refractivity contribution in [2.24, 2.45) is 5.92 Å². The van der Waals surface area contributed by atoms with E-state index in [9.17, 15) is 13.2 Å². The summed E-state index contributed by atoms with van der Waals surface area (Å²) in [7, 11) is -3.70. The average molecular weight is 415 g/mol. The average Bonchev–Trinajstić information content (AvgIpc) is 3.16. The Labute approximate surface area is 166 Å². The van der Waals surface area contributed by atoms with Crippen molar-refractivity contribution in [2.75, 3.05) is 19.7 Å². The molecule has 3 rings (SSSR count). The molecule has 1 N–H and O–H groups in total. The molecule has 1 unspecified atom stereocenters. The van der Waals surface area contributed by atoms with E-state index in [1.54, 1.807) is 6.07 Å². The van der Waals surface area contributed by atoms with Crippen LogP contribution in [0.5, 0.6) is 5.75 Å². The van der Waals surface area contributed by atoms with E-state index in [1.165, 1.54) is 16.4 Å². The first-order chi connectivity index (χ1) is 12.9. The van der Waals surface area contributed by atoms with E-state index in [0.717, 1.165) is 25.7 Å². The summed E-state index contributed by atoms with van der Waals surface area (Å²) in [5.41, 5.74) is 0. The first-order valence-corrected chi connectivity index (χ1v) is 11.5. The van der Waals surface area contributed by atoms with Crippen LogP contribution in [0.15, 0.2) is 23.1 Å². The molecule has 1 saturated carbocycles. The van der Waals surface area contributed by atoms with Crippen LogP contribution < -0.4 is 10.1 Å². The van der Waals surface area contributed by atoms with E-state index in [0.29, 0.717) is 31.7 Å².